The Morgan fingerprint density at radius 1 is 1.09 bits per heavy atom. The molecule has 5 rings (SSSR count). The Balaban J connectivity index is 1.65. The van der Waals surface area contributed by atoms with Crippen molar-refractivity contribution in [2.24, 2.45) is 7.05 Å². The number of carbonyl (C=O) groups is 1. The smallest absolute Gasteiger partial charge is 0.337 e. The SMILES string of the molecule is Cc1cc([C@H](C)Nc2ccccc2C(=O)O)c2nc(-c3ccc4c(c3)c(C)nn4C)cc(=O)n2c1. The van der Waals surface area contributed by atoms with Crippen LogP contribution in [0.1, 0.15) is 40.1 Å². The third kappa shape index (κ3) is 3.93. The van der Waals surface area contributed by atoms with Gasteiger partial charge in [-0.3, -0.25) is 13.9 Å². The van der Waals surface area contributed by atoms with Gasteiger partial charge in [0.25, 0.3) is 5.56 Å². The average molecular weight is 468 g/mol. The quantitative estimate of drug-likeness (QED) is 0.387. The standard InChI is InChI=1S/C27H25N5O3/c1-15-11-21(16(2)28-22-8-6-5-7-19(22)27(34)35)26-29-23(13-25(33)32(26)14-15)18-9-10-24-20(12-18)17(3)30-31(24)4/h5-14,16,28H,1-4H3,(H,34,35)/t16-/m0/s1. The molecule has 0 saturated carbocycles. The molecule has 1 atom stereocenters. The molecule has 0 amide bonds. The van der Waals surface area contributed by atoms with Gasteiger partial charge < -0.3 is 10.4 Å². The molecule has 0 radical (unpaired) electrons. The number of hydrogen-bond donors (Lipinski definition) is 2. The summed E-state index contributed by atoms with van der Waals surface area (Å²) in [5.74, 6) is -1.01. The van der Waals surface area contributed by atoms with Crippen molar-refractivity contribution in [3.05, 3.63) is 93.5 Å². The topological polar surface area (TPSA) is 102 Å². The van der Waals surface area contributed by atoms with Crippen LogP contribution in [0.25, 0.3) is 27.8 Å². The highest BCUT2D eigenvalue weighted by Gasteiger charge is 2.18. The second kappa shape index (κ2) is 8.39. The first kappa shape index (κ1) is 22.3. The van der Waals surface area contributed by atoms with Gasteiger partial charge in [-0.25, -0.2) is 9.78 Å². The van der Waals surface area contributed by atoms with Crippen LogP contribution >= 0.6 is 0 Å². The van der Waals surface area contributed by atoms with E-state index in [1.807, 2.05) is 56.8 Å². The van der Waals surface area contributed by atoms with Crippen molar-refractivity contribution in [1.29, 1.82) is 0 Å². The van der Waals surface area contributed by atoms with Crippen LogP contribution in [0.15, 0.2) is 65.6 Å². The summed E-state index contributed by atoms with van der Waals surface area (Å²) < 4.78 is 3.38. The van der Waals surface area contributed by atoms with Crippen molar-refractivity contribution < 1.29 is 9.90 Å². The zero-order chi connectivity index (χ0) is 24.9. The van der Waals surface area contributed by atoms with E-state index in [-0.39, 0.29) is 17.2 Å². The predicted octanol–water partition coefficient (Wildman–Crippen LogP) is 4.74. The number of carboxylic acid groups (broad SMARTS) is 1. The largest absolute Gasteiger partial charge is 0.478 e. The maximum absolute atomic E-state index is 13.1. The van der Waals surface area contributed by atoms with Gasteiger partial charge in [0.1, 0.15) is 5.65 Å². The van der Waals surface area contributed by atoms with Crippen molar-refractivity contribution in [1.82, 2.24) is 19.2 Å². The first-order valence-electron chi connectivity index (χ1n) is 11.3. The number of nitrogens with zero attached hydrogens (tertiary/aromatic N) is 4. The molecule has 5 aromatic rings. The van der Waals surface area contributed by atoms with E-state index in [9.17, 15) is 14.7 Å². The summed E-state index contributed by atoms with van der Waals surface area (Å²) in [5.41, 5.74) is 6.04. The zero-order valence-corrected chi connectivity index (χ0v) is 19.9. The fraction of sp³-hybridized carbons (Fsp3) is 0.185. The van der Waals surface area contributed by atoms with Crippen molar-refractivity contribution >= 4 is 28.2 Å². The lowest BCUT2D eigenvalue weighted by atomic mass is 10.0. The first-order chi connectivity index (χ1) is 16.7. The maximum Gasteiger partial charge on any atom is 0.337 e. The highest BCUT2D eigenvalue weighted by atomic mass is 16.4. The molecule has 35 heavy (non-hydrogen) atoms. The summed E-state index contributed by atoms with van der Waals surface area (Å²) in [6.07, 6.45) is 1.77. The minimum atomic E-state index is -1.01. The second-order valence-electron chi connectivity index (χ2n) is 8.80. The lowest BCUT2D eigenvalue weighted by molar-refractivity contribution is 0.0698. The molecule has 0 fully saturated rings. The number of carboxylic acids is 1. The molecule has 8 heteroatoms. The van der Waals surface area contributed by atoms with E-state index >= 15 is 0 Å². The van der Waals surface area contributed by atoms with Crippen LogP contribution in [-0.4, -0.2) is 30.2 Å². The molecular weight excluding hydrogens is 442 g/mol. The Morgan fingerprint density at radius 3 is 2.63 bits per heavy atom. The highest BCUT2D eigenvalue weighted by Crippen LogP contribution is 2.28. The van der Waals surface area contributed by atoms with Crippen molar-refractivity contribution in [3.8, 4) is 11.3 Å². The van der Waals surface area contributed by atoms with Crippen LogP contribution in [0.4, 0.5) is 5.69 Å². The number of aryl methyl sites for hydroxylation is 3. The molecule has 2 N–H and O–H groups in total. The van der Waals surface area contributed by atoms with Gasteiger partial charge in [-0.1, -0.05) is 18.2 Å². The number of para-hydroxylation sites is 1. The zero-order valence-electron chi connectivity index (χ0n) is 19.9. The Labute approximate surface area is 201 Å². The molecule has 176 valence electrons. The molecule has 8 nitrogen and oxygen atoms in total. The van der Waals surface area contributed by atoms with Gasteiger partial charge in [0.2, 0.25) is 0 Å². The fourth-order valence-corrected chi connectivity index (χ4v) is 4.54. The Hall–Kier alpha value is -4.46. The molecule has 0 bridgehead atoms. The second-order valence-corrected chi connectivity index (χ2v) is 8.80. The lowest BCUT2D eigenvalue weighted by Gasteiger charge is -2.20. The molecule has 0 aliphatic rings. The van der Waals surface area contributed by atoms with Gasteiger partial charge in [-0.15, -0.1) is 0 Å². The van der Waals surface area contributed by atoms with Gasteiger partial charge in [-0.2, -0.15) is 5.10 Å². The van der Waals surface area contributed by atoms with Crippen LogP contribution in [0, 0.1) is 13.8 Å². The monoisotopic (exact) mass is 467 g/mol. The molecule has 0 saturated heterocycles. The molecule has 0 aliphatic carbocycles. The van der Waals surface area contributed by atoms with E-state index in [1.165, 1.54) is 0 Å². The average Bonchev–Trinajstić information content (AvgIpc) is 3.11. The van der Waals surface area contributed by atoms with Crippen molar-refractivity contribution in [3.63, 3.8) is 0 Å². The van der Waals surface area contributed by atoms with Gasteiger partial charge in [0.05, 0.1) is 28.5 Å². The third-order valence-electron chi connectivity index (χ3n) is 6.25. The molecular formula is C27H25N5O3. The molecule has 0 unspecified atom stereocenters. The summed E-state index contributed by atoms with van der Waals surface area (Å²) in [7, 11) is 1.90. The highest BCUT2D eigenvalue weighted by molar-refractivity contribution is 5.94. The van der Waals surface area contributed by atoms with E-state index in [1.54, 1.807) is 40.9 Å². The Bertz CT molecular complexity index is 1680. The summed E-state index contributed by atoms with van der Waals surface area (Å²) in [4.78, 5) is 29.7. The summed E-state index contributed by atoms with van der Waals surface area (Å²) in [5, 5.41) is 18.3. The van der Waals surface area contributed by atoms with E-state index < -0.39 is 5.97 Å². The molecule has 0 aliphatic heterocycles. The van der Waals surface area contributed by atoms with E-state index in [0.717, 1.165) is 33.3 Å². The minimum absolute atomic E-state index is 0.183. The van der Waals surface area contributed by atoms with Gasteiger partial charge in [-0.05, 0) is 56.7 Å². The first-order valence-corrected chi connectivity index (χ1v) is 11.3. The van der Waals surface area contributed by atoms with Crippen LogP contribution in [-0.2, 0) is 7.05 Å². The number of fused-ring (bicyclic) bond motifs is 2. The number of aromatic nitrogens is 4. The Kier molecular flexibility index (Phi) is 5.36. The number of aromatic carboxylic acids is 1. The number of rotatable bonds is 5. The van der Waals surface area contributed by atoms with Crippen LogP contribution < -0.4 is 10.9 Å². The Morgan fingerprint density at radius 2 is 1.86 bits per heavy atom. The number of hydrogen-bond acceptors (Lipinski definition) is 5. The van der Waals surface area contributed by atoms with E-state index in [2.05, 4.69) is 10.4 Å². The molecule has 3 aromatic heterocycles. The third-order valence-corrected chi connectivity index (χ3v) is 6.25. The van der Waals surface area contributed by atoms with Crippen molar-refractivity contribution in [2.75, 3.05) is 5.32 Å². The van der Waals surface area contributed by atoms with Gasteiger partial charge in [0, 0.05) is 41.5 Å². The summed E-state index contributed by atoms with van der Waals surface area (Å²) in [6, 6.07) is 15.9. The molecule has 2 aromatic carbocycles. The minimum Gasteiger partial charge on any atom is -0.478 e. The lowest BCUT2D eigenvalue weighted by Crippen LogP contribution is -2.19. The maximum atomic E-state index is 13.1. The van der Waals surface area contributed by atoms with Crippen LogP contribution in [0.3, 0.4) is 0 Å². The van der Waals surface area contributed by atoms with E-state index in [4.69, 9.17) is 4.98 Å². The number of pyridine rings is 1. The number of nitrogens with one attached hydrogen (secondary N) is 1. The van der Waals surface area contributed by atoms with Crippen molar-refractivity contribution in [2.45, 2.75) is 26.8 Å². The van der Waals surface area contributed by atoms with E-state index in [0.29, 0.717) is 17.0 Å². The summed E-state index contributed by atoms with van der Waals surface area (Å²) >= 11 is 0. The summed E-state index contributed by atoms with van der Waals surface area (Å²) in [6.45, 7) is 5.80. The fourth-order valence-electron chi connectivity index (χ4n) is 4.54. The predicted molar refractivity (Wildman–Crippen MR) is 136 cm³/mol. The number of benzene rings is 2. The van der Waals surface area contributed by atoms with Crippen LogP contribution in [0.5, 0.6) is 0 Å². The van der Waals surface area contributed by atoms with Gasteiger partial charge in [0.15, 0.2) is 0 Å². The van der Waals surface area contributed by atoms with Gasteiger partial charge >= 0.3 is 5.97 Å². The molecule has 0 spiro atoms. The molecule has 3 heterocycles. The normalized spacial score (nSPS) is 12.2. The number of anilines is 1. The van der Waals surface area contributed by atoms with Crippen LogP contribution in [0.2, 0.25) is 0 Å².